The van der Waals surface area contributed by atoms with Gasteiger partial charge in [-0.25, -0.2) is 8.42 Å². The Hall–Kier alpha value is -1.40. The molecule has 0 aliphatic carbocycles. The van der Waals surface area contributed by atoms with Crippen LogP contribution >= 0.6 is 0 Å². The summed E-state index contributed by atoms with van der Waals surface area (Å²) < 4.78 is 23.1. The molecule has 1 saturated heterocycles. The highest BCUT2D eigenvalue weighted by atomic mass is 32.2. The first kappa shape index (κ1) is 18.9. The topological polar surface area (TPSA) is 66.5 Å². The van der Waals surface area contributed by atoms with E-state index in [1.54, 1.807) is 0 Å². The van der Waals surface area contributed by atoms with E-state index in [0.29, 0.717) is 19.4 Å². The van der Waals surface area contributed by atoms with Crippen molar-refractivity contribution in [2.45, 2.75) is 45.6 Å². The second kappa shape index (κ2) is 8.12. The molecule has 0 aromatic heterocycles. The molecule has 1 aromatic rings. The van der Waals surface area contributed by atoms with Gasteiger partial charge in [0.25, 0.3) is 0 Å². The number of carbonyl (C=O) groups excluding carboxylic acids is 1. The zero-order chi connectivity index (χ0) is 17.7. The number of para-hydroxylation sites is 1. The van der Waals surface area contributed by atoms with E-state index in [1.165, 1.54) is 0 Å². The van der Waals surface area contributed by atoms with E-state index in [0.717, 1.165) is 29.7 Å². The number of hydrogen-bond acceptors (Lipinski definition) is 4. The SMILES string of the molecule is CCc1cccc(CC)c1NC(=O)CCN(C)C1CCS(=O)(=O)C1. The number of amides is 1. The van der Waals surface area contributed by atoms with Gasteiger partial charge in [0.1, 0.15) is 0 Å². The van der Waals surface area contributed by atoms with Crippen molar-refractivity contribution < 1.29 is 13.2 Å². The summed E-state index contributed by atoms with van der Waals surface area (Å²) in [6.07, 6.45) is 2.79. The maximum Gasteiger partial charge on any atom is 0.225 e. The van der Waals surface area contributed by atoms with E-state index in [2.05, 4.69) is 19.2 Å². The Morgan fingerprint density at radius 3 is 2.38 bits per heavy atom. The molecular formula is C18H28N2O3S. The van der Waals surface area contributed by atoms with Crippen molar-refractivity contribution >= 4 is 21.4 Å². The fourth-order valence-electron chi connectivity index (χ4n) is 3.19. The van der Waals surface area contributed by atoms with Crippen molar-refractivity contribution in [3.63, 3.8) is 0 Å². The lowest BCUT2D eigenvalue weighted by atomic mass is 10.0. The van der Waals surface area contributed by atoms with Crippen molar-refractivity contribution in [1.82, 2.24) is 4.90 Å². The third-order valence-corrected chi connectivity index (χ3v) is 6.54. The minimum Gasteiger partial charge on any atom is -0.326 e. The van der Waals surface area contributed by atoms with E-state index in [9.17, 15) is 13.2 Å². The van der Waals surface area contributed by atoms with Gasteiger partial charge in [0.2, 0.25) is 5.91 Å². The molecule has 0 bridgehead atoms. The van der Waals surface area contributed by atoms with Crippen LogP contribution in [0.1, 0.15) is 37.8 Å². The normalized spacial score (nSPS) is 19.6. The van der Waals surface area contributed by atoms with Crippen molar-refractivity contribution in [1.29, 1.82) is 0 Å². The summed E-state index contributed by atoms with van der Waals surface area (Å²) in [6.45, 7) is 4.74. The Morgan fingerprint density at radius 2 is 1.88 bits per heavy atom. The number of hydrogen-bond donors (Lipinski definition) is 1. The fraction of sp³-hybridized carbons (Fsp3) is 0.611. The molecule has 1 aromatic carbocycles. The minimum atomic E-state index is -2.89. The number of nitrogens with one attached hydrogen (secondary N) is 1. The van der Waals surface area contributed by atoms with Gasteiger partial charge in [0, 0.05) is 24.7 Å². The predicted molar refractivity (Wildman–Crippen MR) is 98.1 cm³/mol. The summed E-state index contributed by atoms with van der Waals surface area (Å²) in [5.74, 6) is 0.458. The van der Waals surface area contributed by atoms with Gasteiger partial charge in [-0.15, -0.1) is 0 Å². The first-order valence-electron chi connectivity index (χ1n) is 8.67. The van der Waals surface area contributed by atoms with Gasteiger partial charge >= 0.3 is 0 Å². The summed E-state index contributed by atoms with van der Waals surface area (Å²) in [5.41, 5.74) is 3.24. The number of rotatable bonds is 7. The van der Waals surface area contributed by atoms with E-state index in [-0.39, 0.29) is 23.5 Å². The van der Waals surface area contributed by atoms with Crippen molar-refractivity contribution in [2.24, 2.45) is 0 Å². The number of anilines is 1. The molecule has 0 spiro atoms. The molecule has 0 saturated carbocycles. The number of benzene rings is 1. The van der Waals surface area contributed by atoms with Crippen molar-refractivity contribution in [3.05, 3.63) is 29.3 Å². The van der Waals surface area contributed by atoms with Crippen LogP contribution in [0.5, 0.6) is 0 Å². The third kappa shape index (κ3) is 4.80. The monoisotopic (exact) mass is 352 g/mol. The molecule has 1 amide bonds. The second-order valence-corrected chi connectivity index (χ2v) is 8.72. The van der Waals surface area contributed by atoms with Crippen molar-refractivity contribution in [3.8, 4) is 0 Å². The largest absolute Gasteiger partial charge is 0.326 e. The van der Waals surface area contributed by atoms with Crippen LogP contribution in [0.3, 0.4) is 0 Å². The molecule has 1 fully saturated rings. The van der Waals surface area contributed by atoms with E-state index < -0.39 is 9.84 Å². The Kier molecular flexibility index (Phi) is 6.40. The maximum atomic E-state index is 12.3. The highest BCUT2D eigenvalue weighted by Gasteiger charge is 2.30. The van der Waals surface area contributed by atoms with Gasteiger partial charge in [0.05, 0.1) is 11.5 Å². The van der Waals surface area contributed by atoms with Gasteiger partial charge in [0.15, 0.2) is 9.84 Å². The average molecular weight is 353 g/mol. The lowest BCUT2D eigenvalue weighted by Crippen LogP contribution is -2.35. The summed E-state index contributed by atoms with van der Waals surface area (Å²) in [4.78, 5) is 14.3. The number of aryl methyl sites for hydroxylation is 2. The van der Waals surface area contributed by atoms with E-state index in [4.69, 9.17) is 0 Å². The molecule has 1 aliphatic heterocycles. The number of carbonyl (C=O) groups is 1. The molecule has 134 valence electrons. The fourth-order valence-corrected chi connectivity index (χ4v) is 4.99. The lowest BCUT2D eigenvalue weighted by molar-refractivity contribution is -0.116. The van der Waals surface area contributed by atoms with Crippen LogP contribution in [0.25, 0.3) is 0 Å². The van der Waals surface area contributed by atoms with Crippen LogP contribution in [0.2, 0.25) is 0 Å². The van der Waals surface area contributed by atoms with Crippen LogP contribution in [0.4, 0.5) is 5.69 Å². The van der Waals surface area contributed by atoms with E-state index >= 15 is 0 Å². The molecule has 2 rings (SSSR count). The van der Waals surface area contributed by atoms with Crippen LogP contribution in [0.15, 0.2) is 18.2 Å². The number of nitrogens with zero attached hydrogens (tertiary/aromatic N) is 1. The zero-order valence-corrected chi connectivity index (χ0v) is 15.7. The zero-order valence-electron chi connectivity index (χ0n) is 14.8. The third-order valence-electron chi connectivity index (χ3n) is 4.79. The molecule has 1 atom stereocenters. The quantitative estimate of drug-likeness (QED) is 0.817. The van der Waals surface area contributed by atoms with Crippen LogP contribution in [0, 0.1) is 0 Å². The lowest BCUT2D eigenvalue weighted by Gasteiger charge is -2.23. The summed E-state index contributed by atoms with van der Waals surface area (Å²) in [6, 6.07) is 6.16. The molecule has 1 N–H and O–H groups in total. The molecule has 0 radical (unpaired) electrons. The Balaban J connectivity index is 1.92. The molecule has 1 heterocycles. The average Bonchev–Trinajstić information content (AvgIpc) is 2.92. The highest BCUT2D eigenvalue weighted by Crippen LogP contribution is 2.23. The minimum absolute atomic E-state index is 0.0155. The Labute approximate surface area is 145 Å². The summed E-state index contributed by atoms with van der Waals surface area (Å²) in [7, 11) is -0.989. The summed E-state index contributed by atoms with van der Waals surface area (Å²) >= 11 is 0. The predicted octanol–water partition coefficient (Wildman–Crippen LogP) is 2.26. The maximum absolute atomic E-state index is 12.3. The molecule has 5 nitrogen and oxygen atoms in total. The van der Waals surface area contributed by atoms with Gasteiger partial charge < -0.3 is 10.2 Å². The summed E-state index contributed by atoms with van der Waals surface area (Å²) in [5, 5.41) is 3.06. The van der Waals surface area contributed by atoms with Gasteiger partial charge in [-0.2, -0.15) is 0 Å². The van der Waals surface area contributed by atoms with Gasteiger partial charge in [-0.1, -0.05) is 32.0 Å². The first-order chi connectivity index (χ1) is 11.4. The Bertz CT molecular complexity index is 663. The molecular weight excluding hydrogens is 324 g/mol. The van der Waals surface area contributed by atoms with Crippen molar-refractivity contribution in [2.75, 3.05) is 30.4 Å². The molecule has 24 heavy (non-hydrogen) atoms. The van der Waals surface area contributed by atoms with Crippen LogP contribution in [-0.2, 0) is 27.5 Å². The molecule has 1 aliphatic rings. The first-order valence-corrected chi connectivity index (χ1v) is 10.5. The molecule has 1 unspecified atom stereocenters. The van der Waals surface area contributed by atoms with Gasteiger partial charge in [-0.3, -0.25) is 4.79 Å². The standard InChI is InChI=1S/C18H28N2O3S/c1-4-14-7-6-8-15(5-2)18(14)19-17(21)9-11-20(3)16-10-12-24(22,23)13-16/h6-8,16H,4-5,9-13H2,1-3H3,(H,19,21). The molecule has 6 heteroatoms. The van der Waals surface area contributed by atoms with Crippen LogP contribution < -0.4 is 5.32 Å². The van der Waals surface area contributed by atoms with Crippen LogP contribution in [-0.4, -0.2) is 50.4 Å². The second-order valence-electron chi connectivity index (χ2n) is 6.49. The Morgan fingerprint density at radius 1 is 1.25 bits per heavy atom. The number of sulfone groups is 1. The van der Waals surface area contributed by atoms with E-state index in [1.807, 2.05) is 30.1 Å². The highest BCUT2D eigenvalue weighted by molar-refractivity contribution is 7.91. The smallest absolute Gasteiger partial charge is 0.225 e. The van der Waals surface area contributed by atoms with Gasteiger partial charge in [-0.05, 0) is 37.4 Å².